The number of unbranched alkanes of at least 4 members (excludes halogenated alkanes) is 6. The van der Waals surface area contributed by atoms with Crippen LogP contribution in [0.15, 0.2) is 24.3 Å². The molecule has 176 valence electrons. The fourth-order valence-electron chi connectivity index (χ4n) is 4.07. The number of halogens is 1. The predicted molar refractivity (Wildman–Crippen MR) is 145 cm³/mol. The molecule has 1 aliphatic rings. The minimum Gasteiger partial charge on any atom is -0.369 e. The van der Waals surface area contributed by atoms with Crippen molar-refractivity contribution in [2.45, 2.75) is 71.8 Å². The summed E-state index contributed by atoms with van der Waals surface area (Å²) >= 11 is 2.38. The van der Waals surface area contributed by atoms with Crippen molar-refractivity contribution in [1.82, 2.24) is 9.21 Å². The fourth-order valence-corrected chi connectivity index (χ4v) is 5.55. The van der Waals surface area contributed by atoms with E-state index in [0.717, 1.165) is 45.6 Å². The molecule has 1 aromatic carbocycles. The third-order valence-electron chi connectivity index (χ3n) is 6.20. The fraction of sp³-hybridized carbons (Fsp3) is 0.720. The van der Waals surface area contributed by atoms with Gasteiger partial charge in [0.25, 0.3) is 0 Å². The van der Waals surface area contributed by atoms with Crippen LogP contribution in [0.25, 0.3) is 0 Å². The molecule has 6 heteroatoms. The standard InChI is InChI=1S/C25H42IN3OS/c1-22(2)25(30)11-9-7-5-4-6-8-10-16-27(3)21-23-12-14-24(15-13-23)28-17-19-29(31-26)20-18-28/h12-15,22H,4-11,16-21H2,1-3H3. The average molecular weight is 560 g/mol. The molecule has 31 heavy (non-hydrogen) atoms. The molecular weight excluding hydrogens is 517 g/mol. The first kappa shape index (κ1) is 26.9. The van der Waals surface area contributed by atoms with Gasteiger partial charge in [0, 0.05) is 72.0 Å². The number of carbonyl (C=O) groups is 1. The van der Waals surface area contributed by atoms with E-state index in [1.54, 1.807) is 0 Å². The van der Waals surface area contributed by atoms with Gasteiger partial charge in [0.1, 0.15) is 5.78 Å². The molecular formula is C25H42IN3OS. The van der Waals surface area contributed by atoms with E-state index in [2.05, 4.69) is 66.6 Å². The highest BCUT2D eigenvalue weighted by Crippen LogP contribution is 2.23. The Morgan fingerprint density at radius 1 is 0.968 bits per heavy atom. The van der Waals surface area contributed by atoms with Crippen LogP contribution in [-0.2, 0) is 11.3 Å². The summed E-state index contributed by atoms with van der Waals surface area (Å²) in [5, 5.41) is 0. The van der Waals surface area contributed by atoms with Crippen LogP contribution in [0.5, 0.6) is 0 Å². The van der Waals surface area contributed by atoms with Gasteiger partial charge in [0.05, 0.1) is 0 Å². The Kier molecular flexibility index (Phi) is 13.5. The number of carbonyl (C=O) groups excluding carboxylic acids is 1. The van der Waals surface area contributed by atoms with Crippen LogP contribution in [0, 0.1) is 5.92 Å². The zero-order valence-electron chi connectivity index (χ0n) is 19.8. The normalized spacial score (nSPS) is 15.2. The molecule has 1 saturated heterocycles. The maximum absolute atomic E-state index is 11.6. The molecule has 1 heterocycles. The summed E-state index contributed by atoms with van der Waals surface area (Å²) in [6.07, 6.45) is 9.57. The van der Waals surface area contributed by atoms with Gasteiger partial charge in [-0.1, -0.05) is 58.1 Å². The molecule has 0 radical (unpaired) electrons. The highest BCUT2D eigenvalue weighted by Gasteiger charge is 2.16. The summed E-state index contributed by atoms with van der Waals surface area (Å²) in [7, 11) is 4.06. The lowest BCUT2D eigenvalue weighted by molar-refractivity contribution is -0.122. The van der Waals surface area contributed by atoms with Gasteiger partial charge in [-0.2, -0.15) is 0 Å². The molecule has 0 aliphatic carbocycles. The SMILES string of the molecule is CC(C)C(=O)CCCCCCCCCN(C)Cc1ccc(N2CCN(SI)CC2)cc1. The number of benzene rings is 1. The minimum atomic E-state index is 0.204. The van der Waals surface area contributed by atoms with Crippen molar-refractivity contribution in [2.24, 2.45) is 5.92 Å². The first-order chi connectivity index (χ1) is 15.0. The molecule has 0 saturated carbocycles. The van der Waals surface area contributed by atoms with Crippen molar-refractivity contribution < 1.29 is 4.79 Å². The molecule has 0 unspecified atom stereocenters. The number of hydrogen-bond acceptors (Lipinski definition) is 5. The van der Waals surface area contributed by atoms with E-state index in [-0.39, 0.29) is 5.92 Å². The van der Waals surface area contributed by atoms with Gasteiger partial charge in [-0.05, 0) is 53.2 Å². The van der Waals surface area contributed by atoms with Gasteiger partial charge in [-0.25, -0.2) is 4.31 Å². The van der Waals surface area contributed by atoms with E-state index in [0.29, 0.717) is 5.78 Å². The molecule has 4 nitrogen and oxygen atoms in total. The smallest absolute Gasteiger partial charge is 0.135 e. The lowest BCUT2D eigenvalue weighted by Gasteiger charge is -2.34. The highest BCUT2D eigenvalue weighted by molar-refractivity contribution is 14.2. The monoisotopic (exact) mass is 559 g/mol. The molecule has 0 amide bonds. The number of rotatable bonds is 15. The zero-order valence-corrected chi connectivity index (χ0v) is 22.8. The molecule has 0 N–H and O–H groups in total. The number of ketones is 1. The van der Waals surface area contributed by atoms with Crippen molar-refractivity contribution in [3.63, 3.8) is 0 Å². The van der Waals surface area contributed by atoms with E-state index in [4.69, 9.17) is 0 Å². The van der Waals surface area contributed by atoms with Crippen molar-refractivity contribution in [3.8, 4) is 0 Å². The quantitative estimate of drug-likeness (QED) is 0.137. The Labute approximate surface area is 207 Å². The third kappa shape index (κ3) is 10.9. The van der Waals surface area contributed by atoms with Crippen molar-refractivity contribution in [3.05, 3.63) is 29.8 Å². The topological polar surface area (TPSA) is 26.8 Å². The van der Waals surface area contributed by atoms with E-state index in [1.807, 2.05) is 23.0 Å². The number of nitrogens with zero attached hydrogens (tertiary/aromatic N) is 3. The average Bonchev–Trinajstić information content (AvgIpc) is 2.78. The van der Waals surface area contributed by atoms with Crippen molar-refractivity contribution in [2.75, 3.05) is 44.7 Å². The molecule has 2 rings (SSSR count). The molecule has 0 aromatic heterocycles. The molecule has 1 fully saturated rings. The molecule has 0 atom stereocenters. The summed E-state index contributed by atoms with van der Waals surface area (Å²) in [6.45, 7) is 10.7. The van der Waals surface area contributed by atoms with Gasteiger partial charge in [0.2, 0.25) is 0 Å². The second-order valence-corrected chi connectivity index (χ2v) is 11.1. The number of anilines is 1. The lowest BCUT2D eigenvalue weighted by Crippen LogP contribution is -2.43. The van der Waals surface area contributed by atoms with E-state index in [9.17, 15) is 4.79 Å². The first-order valence-electron chi connectivity index (χ1n) is 12.1. The Hall–Kier alpha value is -0.310. The number of piperazine rings is 1. The third-order valence-corrected chi connectivity index (χ3v) is 8.43. The van der Waals surface area contributed by atoms with Gasteiger partial charge >= 0.3 is 0 Å². The van der Waals surface area contributed by atoms with E-state index >= 15 is 0 Å². The summed E-state index contributed by atoms with van der Waals surface area (Å²) in [5.74, 6) is 0.627. The van der Waals surface area contributed by atoms with Gasteiger partial charge in [-0.15, -0.1) is 0 Å². The van der Waals surface area contributed by atoms with Crippen molar-refractivity contribution >= 4 is 41.8 Å². The Bertz CT molecular complexity index is 618. The second kappa shape index (κ2) is 15.5. The molecule has 0 spiro atoms. The van der Waals surface area contributed by atoms with E-state index < -0.39 is 0 Å². The van der Waals surface area contributed by atoms with Gasteiger partial charge < -0.3 is 9.80 Å². The lowest BCUT2D eigenvalue weighted by atomic mass is 10.0. The van der Waals surface area contributed by atoms with Crippen LogP contribution in [0.4, 0.5) is 5.69 Å². The maximum atomic E-state index is 11.6. The van der Waals surface area contributed by atoms with Crippen LogP contribution < -0.4 is 4.90 Å². The summed E-state index contributed by atoms with van der Waals surface area (Å²) < 4.78 is 2.43. The largest absolute Gasteiger partial charge is 0.369 e. The van der Waals surface area contributed by atoms with Crippen molar-refractivity contribution in [1.29, 1.82) is 0 Å². The summed E-state index contributed by atoms with van der Waals surface area (Å²) in [6, 6.07) is 9.19. The van der Waals surface area contributed by atoms with Gasteiger partial charge in [-0.3, -0.25) is 4.79 Å². The molecule has 1 aliphatic heterocycles. The van der Waals surface area contributed by atoms with Crippen LogP contribution in [0.1, 0.15) is 70.8 Å². The van der Waals surface area contributed by atoms with Crippen LogP contribution in [0.2, 0.25) is 0 Å². The van der Waals surface area contributed by atoms with Crippen LogP contribution >= 0.6 is 30.3 Å². The summed E-state index contributed by atoms with van der Waals surface area (Å²) in [4.78, 5) is 16.6. The molecule has 1 aromatic rings. The highest BCUT2D eigenvalue weighted by atomic mass is 127. The predicted octanol–water partition coefficient (Wildman–Crippen LogP) is 6.58. The van der Waals surface area contributed by atoms with Gasteiger partial charge in [0.15, 0.2) is 0 Å². The summed E-state index contributed by atoms with van der Waals surface area (Å²) in [5.41, 5.74) is 2.77. The zero-order chi connectivity index (χ0) is 22.5. The number of Topliss-reactive ketones (excluding diaryl/α,β-unsaturated/α-hetero) is 1. The Morgan fingerprint density at radius 3 is 2.13 bits per heavy atom. The van der Waals surface area contributed by atoms with E-state index in [1.165, 1.54) is 56.3 Å². The minimum absolute atomic E-state index is 0.204. The number of hydrogen-bond donors (Lipinski definition) is 0. The maximum Gasteiger partial charge on any atom is 0.135 e. The molecule has 0 bridgehead atoms. The Balaban J connectivity index is 1.51. The van der Waals surface area contributed by atoms with Crippen LogP contribution in [-0.4, -0.2) is 54.8 Å². The first-order valence-corrected chi connectivity index (χ1v) is 15.4. The second-order valence-electron chi connectivity index (χ2n) is 9.24. The van der Waals surface area contributed by atoms with Crippen LogP contribution in [0.3, 0.4) is 0 Å². The Morgan fingerprint density at radius 2 is 1.55 bits per heavy atom.